The van der Waals surface area contributed by atoms with Crippen LogP contribution < -0.4 is 10.6 Å². The highest BCUT2D eigenvalue weighted by Gasteiger charge is 2.13. The second-order valence-corrected chi connectivity index (χ2v) is 7.24. The number of carbonyl (C=O) groups excluding carboxylic acids is 3. The predicted molar refractivity (Wildman–Crippen MR) is 110 cm³/mol. The van der Waals surface area contributed by atoms with Crippen LogP contribution >= 0.6 is 15.9 Å². The Morgan fingerprint density at radius 2 is 1.75 bits per heavy atom. The number of aryl methyl sites for hydroxylation is 1. The summed E-state index contributed by atoms with van der Waals surface area (Å²) in [6.07, 6.45) is -0.00678. The lowest BCUT2D eigenvalue weighted by molar-refractivity contribution is -0.148. The van der Waals surface area contributed by atoms with Crippen LogP contribution in [0, 0.1) is 6.92 Å². The molecular weight excluding hydrogens is 424 g/mol. The number of esters is 1. The van der Waals surface area contributed by atoms with Crippen molar-refractivity contribution in [3.8, 4) is 0 Å². The van der Waals surface area contributed by atoms with Gasteiger partial charge >= 0.3 is 5.97 Å². The second kappa shape index (κ2) is 10.6. The second-order valence-electron chi connectivity index (χ2n) is 6.32. The zero-order valence-electron chi connectivity index (χ0n) is 15.8. The average Bonchev–Trinajstić information content (AvgIpc) is 2.67. The van der Waals surface area contributed by atoms with Crippen LogP contribution in [0.1, 0.15) is 40.9 Å². The molecule has 0 spiro atoms. The van der Waals surface area contributed by atoms with E-state index in [-0.39, 0.29) is 37.4 Å². The van der Waals surface area contributed by atoms with Crippen molar-refractivity contribution >= 4 is 33.7 Å². The minimum atomic E-state index is -0.545. The predicted octanol–water partition coefficient (Wildman–Crippen LogP) is 3.30. The topological polar surface area (TPSA) is 84.5 Å². The van der Waals surface area contributed by atoms with E-state index >= 15 is 0 Å². The van der Waals surface area contributed by atoms with Gasteiger partial charge in [-0.05, 0) is 43.2 Å². The SMILES string of the molecule is Cc1ccccc1C(=O)NCCC(=O)OCC(=O)NC(C)c1ccc(Br)cc1. The average molecular weight is 447 g/mol. The van der Waals surface area contributed by atoms with Crippen molar-refractivity contribution in [3.63, 3.8) is 0 Å². The molecule has 1 atom stereocenters. The van der Waals surface area contributed by atoms with Gasteiger partial charge < -0.3 is 15.4 Å². The van der Waals surface area contributed by atoms with Crippen LogP contribution in [0.25, 0.3) is 0 Å². The molecule has 2 aromatic carbocycles. The van der Waals surface area contributed by atoms with Gasteiger partial charge in [-0.2, -0.15) is 0 Å². The number of nitrogens with one attached hydrogen (secondary N) is 2. The van der Waals surface area contributed by atoms with E-state index in [9.17, 15) is 14.4 Å². The number of hydrogen-bond acceptors (Lipinski definition) is 4. The maximum Gasteiger partial charge on any atom is 0.308 e. The van der Waals surface area contributed by atoms with Gasteiger partial charge in [0.25, 0.3) is 11.8 Å². The fourth-order valence-corrected chi connectivity index (χ4v) is 2.80. The Labute approximate surface area is 172 Å². The van der Waals surface area contributed by atoms with Gasteiger partial charge in [0.05, 0.1) is 12.5 Å². The smallest absolute Gasteiger partial charge is 0.308 e. The molecule has 0 radical (unpaired) electrons. The lowest BCUT2D eigenvalue weighted by atomic mass is 10.1. The summed E-state index contributed by atoms with van der Waals surface area (Å²) in [7, 11) is 0. The molecule has 28 heavy (non-hydrogen) atoms. The minimum absolute atomic E-state index is 0.00678. The Morgan fingerprint density at radius 1 is 1.07 bits per heavy atom. The molecule has 7 heteroatoms. The molecule has 1 unspecified atom stereocenters. The molecule has 0 aliphatic rings. The van der Waals surface area contributed by atoms with Gasteiger partial charge in [0.15, 0.2) is 6.61 Å². The molecule has 2 aromatic rings. The Hall–Kier alpha value is -2.67. The van der Waals surface area contributed by atoms with Crippen molar-refractivity contribution in [2.24, 2.45) is 0 Å². The van der Waals surface area contributed by atoms with E-state index in [4.69, 9.17) is 4.74 Å². The zero-order chi connectivity index (χ0) is 20.5. The Bertz CT molecular complexity index is 837. The Balaban J connectivity index is 1.67. The van der Waals surface area contributed by atoms with Crippen molar-refractivity contribution in [2.45, 2.75) is 26.3 Å². The van der Waals surface area contributed by atoms with E-state index in [1.54, 1.807) is 12.1 Å². The highest BCUT2D eigenvalue weighted by Crippen LogP contribution is 2.16. The Morgan fingerprint density at radius 3 is 2.43 bits per heavy atom. The van der Waals surface area contributed by atoms with Crippen LogP contribution in [0.5, 0.6) is 0 Å². The molecule has 0 aliphatic carbocycles. The summed E-state index contributed by atoms with van der Waals surface area (Å²) in [4.78, 5) is 35.8. The lowest BCUT2D eigenvalue weighted by Gasteiger charge is -2.14. The molecule has 0 heterocycles. The molecule has 0 aliphatic heterocycles. The van der Waals surface area contributed by atoms with Crippen LogP contribution in [-0.4, -0.2) is 30.9 Å². The monoisotopic (exact) mass is 446 g/mol. The van der Waals surface area contributed by atoms with E-state index in [0.29, 0.717) is 5.56 Å². The first-order chi connectivity index (χ1) is 13.4. The van der Waals surface area contributed by atoms with E-state index in [0.717, 1.165) is 15.6 Å². The third-order valence-electron chi connectivity index (χ3n) is 4.12. The first kappa shape index (κ1) is 21.6. The minimum Gasteiger partial charge on any atom is -0.456 e. The summed E-state index contributed by atoms with van der Waals surface area (Å²) >= 11 is 3.36. The van der Waals surface area contributed by atoms with E-state index in [2.05, 4.69) is 26.6 Å². The summed E-state index contributed by atoms with van der Waals surface area (Å²) in [5, 5.41) is 5.44. The van der Waals surface area contributed by atoms with Gasteiger partial charge in [0.1, 0.15) is 0 Å². The molecule has 2 N–H and O–H groups in total. The quantitative estimate of drug-likeness (QED) is 0.609. The standard InChI is InChI=1S/C21H23BrN2O4/c1-14-5-3-4-6-18(14)21(27)23-12-11-20(26)28-13-19(25)24-15(2)16-7-9-17(22)10-8-16/h3-10,15H,11-13H2,1-2H3,(H,23,27)(H,24,25). The molecule has 0 bridgehead atoms. The highest BCUT2D eigenvalue weighted by molar-refractivity contribution is 9.10. The van der Waals surface area contributed by atoms with E-state index in [1.807, 2.05) is 50.2 Å². The number of rotatable bonds is 8. The summed E-state index contributed by atoms with van der Waals surface area (Å²) in [6.45, 7) is 3.48. The summed E-state index contributed by atoms with van der Waals surface area (Å²) < 4.78 is 5.92. The van der Waals surface area contributed by atoms with Crippen LogP contribution in [0.15, 0.2) is 53.0 Å². The molecule has 2 amide bonds. The lowest BCUT2D eigenvalue weighted by Crippen LogP contribution is -2.32. The van der Waals surface area contributed by atoms with Gasteiger partial charge in [0.2, 0.25) is 0 Å². The zero-order valence-corrected chi connectivity index (χ0v) is 17.4. The van der Waals surface area contributed by atoms with Crippen molar-refractivity contribution in [1.82, 2.24) is 10.6 Å². The normalized spacial score (nSPS) is 11.4. The van der Waals surface area contributed by atoms with Gasteiger partial charge in [-0.15, -0.1) is 0 Å². The van der Waals surface area contributed by atoms with Crippen molar-refractivity contribution in [1.29, 1.82) is 0 Å². The molecule has 0 aromatic heterocycles. The van der Waals surface area contributed by atoms with Gasteiger partial charge in [0, 0.05) is 16.6 Å². The number of benzene rings is 2. The third kappa shape index (κ3) is 6.81. The van der Waals surface area contributed by atoms with Gasteiger partial charge in [-0.3, -0.25) is 14.4 Å². The fraction of sp³-hybridized carbons (Fsp3) is 0.286. The van der Waals surface area contributed by atoms with E-state index < -0.39 is 5.97 Å². The van der Waals surface area contributed by atoms with Crippen LogP contribution in [0.4, 0.5) is 0 Å². The van der Waals surface area contributed by atoms with Crippen LogP contribution in [0.3, 0.4) is 0 Å². The highest BCUT2D eigenvalue weighted by atomic mass is 79.9. The summed E-state index contributed by atoms with van der Waals surface area (Å²) in [6, 6.07) is 14.6. The van der Waals surface area contributed by atoms with Crippen molar-refractivity contribution in [2.75, 3.05) is 13.2 Å². The summed E-state index contributed by atoms with van der Waals surface area (Å²) in [5.74, 6) is -1.17. The molecule has 6 nitrogen and oxygen atoms in total. The molecule has 2 rings (SSSR count). The number of carbonyl (C=O) groups is 3. The van der Waals surface area contributed by atoms with Crippen LogP contribution in [-0.2, 0) is 14.3 Å². The van der Waals surface area contributed by atoms with Gasteiger partial charge in [-0.25, -0.2) is 0 Å². The largest absolute Gasteiger partial charge is 0.456 e. The van der Waals surface area contributed by atoms with Gasteiger partial charge in [-0.1, -0.05) is 46.3 Å². The molecule has 0 saturated carbocycles. The molecular formula is C21H23BrN2O4. The fourth-order valence-electron chi connectivity index (χ4n) is 2.54. The first-order valence-electron chi connectivity index (χ1n) is 8.91. The Kier molecular flexibility index (Phi) is 8.19. The number of hydrogen-bond donors (Lipinski definition) is 2. The number of halogens is 1. The van der Waals surface area contributed by atoms with E-state index in [1.165, 1.54) is 0 Å². The van der Waals surface area contributed by atoms with Crippen molar-refractivity contribution in [3.05, 3.63) is 69.7 Å². The van der Waals surface area contributed by atoms with Crippen molar-refractivity contribution < 1.29 is 19.1 Å². The van der Waals surface area contributed by atoms with Crippen LogP contribution in [0.2, 0.25) is 0 Å². The first-order valence-corrected chi connectivity index (χ1v) is 9.70. The maximum atomic E-state index is 12.1. The number of ether oxygens (including phenoxy) is 1. The molecule has 0 saturated heterocycles. The third-order valence-corrected chi connectivity index (χ3v) is 4.64. The maximum absolute atomic E-state index is 12.1. The number of amides is 2. The molecule has 148 valence electrons. The molecule has 0 fully saturated rings. The summed E-state index contributed by atoms with van der Waals surface area (Å²) in [5.41, 5.74) is 2.37.